The summed E-state index contributed by atoms with van der Waals surface area (Å²) in [5.41, 5.74) is -0.0281. The fraction of sp³-hybridized carbons (Fsp3) is 0.200. The number of esters is 1. The number of nitro groups is 1. The molecule has 0 unspecified atom stereocenters. The van der Waals surface area contributed by atoms with Crippen molar-refractivity contribution in [3.63, 3.8) is 0 Å². The third kappa shape index (κ3) is 4.78. The van der Waals surface area contributed by atoms with Crippen LogP contribution in [0.3, 0.4) is 0 Å². The Kier molecular flexibility index (Phi) is 5.98. The van der Waals surface area contributed by atoms with Gasteiger partial charge in [-0.1, -0.05) is 23.1 Å². The number of aromatic nitrogens is 2. The molecule has 2 aromatic heterocycles. The van der Waals surface area contributed by atoms with Crippen molar-refractivity contribution in [2.24, 2.45) is 0 Å². The van der Waals surface area contributed by atoms with Crippen LogP contribution >= 0.6 is 34.4 Å². The van der Waals surface area contributed by atoms with Gasteiger partial charge in [0.2, 0.25) is 5.13 Å². The van der Waals surface area contributed by atoms with Crippen LogP contribution in [0.2, 0.25) is 0 Å². The molecular formula is C15H12N4O5S3. The molecule has 1 N–H and O–H groups in total. The van der Waals surface area contributed by atoms with Gasteiger partial charge in [-0.05, 0) is 19.1 Å². The van der Waals surface area contributed by atoms with Crippen molar-refractivity contribution in [2.75, 3.05) is 17.7 Å². The van der Waals surface area contributed by atoms with Crippen molar-refractivity contribution in [1.82, 2.24) is 10.2 Å². The largest absolute Gasteiger partial charge is 0.465 e. The maximum atomic E-state index is 12.4. The summed E-state index contributed by atoms with van der Waals surface area (Å²) >= 11 is 3.55. The highest BCUT2D eigenvalue weighted by atomic mass is 32.2. The average Bonchev–Trinajstić information content (AvgIpc) is 3.26. The van der Waals surface area contributed by atoms with Crippen LogP contribution in [0, 0.1) is 10.1 Å². The van der Waals surface area contributed by atoms with Crippen LogP contribution < -0.4 is 5.32 Å². The van der Waals surface area contributed by atoms with E-state index in [9.17, 15) is 19.7 Å². The Morgan fingerprint density at radius 2 is 2.11 bits per heavy atom. The number of amides is 1. The number of hydrogen-bond acceptors (Lipinski definition) is 10. The van der Waals surface area contributed by atoms with Gasteiger partial charge in [0.15, 0.2) is 4.34 Å². The highest BCUT2D eigenvalue weighted by Gasteiger charge is 2.16. The molecule has 0 aliphatic carbocycles. The van der Waals surface area contributed by atoms with Gasteiger partial charge in [-0.2, -0.15) is 0 Å². The molecule has 140 valence electrons. The first-order chi connectivity index (χ1) is 13.0. The SMILES string of the molecule is CCOC(=O)CSc1nnc(NC(=O)c2cc3cc([N+](=O)[O-])ccc3s2)s1. The quantitative estimate of drug-likeness (QED) is 0.201. The number of nitro benzene ring substituents is 1. The van der Waals surface area contributed by atoms with E-state index < -0.39 is 4.92 Å². The topological polar surface area (TPSA) is 124 Å². The van der Waals surface area contributed by atoms with Crippen molar-refractivity contribution < 1.29 is 19.2 Å². The molecule has 0 fully saturated rings. The number of anilines is 1. The zero-order valence-corrected chi connectivity index (χ0v) is 16.3. The van der Waals surface area contributed by atoms with Crippen molar-refractivity contribution in [3.8, 4) is 0 Å². The van der Waals surface area contributed by atoms with E-state index in [1.165, 1.54) is 35.2 Å². The lowest BCUT2D eigenvalue weighted by atomic mass is 10.2. The molecule has 9 nitrogen and oxygen atoms in total. The maximum Gasteiger partial charge on any atom is 0.316 e. The molecule has 3 aromatic rings. The van der Waals surface area contributed by atoms with Gasteiger partial charge in [-0.15, -0.1) is 21.5 Å². The number of carbonyl (C=O) groups is 2. The van der Waals surface area contributed by atoms with Gasteiger partial charge in [-0.25, -0.2) is 0 Å². The van der Waals surface area contributed by atoms with Crippen LogP contribution in [0.4, 0.5) is 10.8 Å². The number of nitrogens with zero attached hydrogens (tertiary/aromatic N) is 3. The molecule has 1 aromatic carbocycles. The number of hydrogen-bond donors (Lipinski definition) is 1. The number of benzene rings is 1. The highest BCUT2D eigenvalue weighted by molar-refractivity contribution is 8.01. The number of non-ortho nitro benzene ring substituents is 1. The van der Waals surface area contributed by atoms with E-state index in [4.69, 9.17) is 4.74 Å². The molecule has 0 bridgehead atoms. The minimum Gasteiger partial charge on any atom is -0.465 e. The molecule has 1 amide bonds. The lowest BCUT2D eigenvalue weighted by Gasteiger charge is -1.98. The summed E-state index contributed by atoms with van der Waals surface area (Å²) in [7, 11) is 0. The number of thioether (sulfide) groups is 1. The average molecular weight is 424 g/mol. The minimum absolute atomic E-state index is 0.0281. The lowest BCUT2D eigenvalue weighted by molar-refractivity contribution is -0.384. The zero-order chi connectivity index (χ0) is 19.4. The monoisotopic (exact) mass is 424 g/mol. The molecule has 2 heterocycles. The fourth-order valence-electron chi connectivity index (χ4n) is 2.06. The number of carbonyl (C=O) groups excluding carboxylic acids is 2. The van der Waals surface area contributed by atoms with Crippen LogP contribution in [0.15, 0.2) is 28.6 Å². The zero-order valence-electron chi connectivity index (χ0n) is 13.8. The van der Waals surface area contributed by atoms with E-state index in [1.54, 1.807) is 19.1 Å². The summed E-state index contributed by atoms with van der Waals surface area (Å²) in [4.78, 5) is 34.5. The highest BCUT2D eigenvalue weighted by Crippen LogP contribution is 2.30. The predicted octanol–water partition coefficient (Wildman–Crippen LogP) is 3.57. The normalized spacial score (nSPS) is 10.7. The molecular weight excluding hydrogens is 412 g/mol. The van der Waals surface area contributed by atoms with E-state index in [-0.39, 0.29) is 23.3 Å². The first-order valence-corrected chi connectivity index (χ1v) is 10.2. The van der Waals surface area contributed by atoms with E-state index in [0.717, 1.165) is 16.0 Å². The van der Waals surface area contributed by atoms with Crippen LogP contribution in [0.1, 0.15) is 16.6 Å². The second kappa shape index (κ2) is 8.41. The summed E-state index contributed by atoms with van der Waals surface area (Å²) in [5.74, 6) is -0.606. The van der Waals surface area contributed by atoms with Crippen molar-refractivity contribution in [2.45, 2.75) is 11.3 Å². The van der Waals surface area contributed by atoms with E-state index >= 15 is 0 Å². The van der Waals surface area contributed by atoms with Crippen molar-refractivity contribution in [1.29, 1.82) is 0 Å². The molecule has 0 spiro atoms. The second-order valence-corrected chi connectivity index (χ2v) is 8.29. The molecule has 0 saturated heterocycles. The van der Waals surface area contributed by atoms with Gasteiger partial charge in [0, 0.05) is 22.2 Å². The predicted molar refractivity (Wildman–Crippen MR) is 104 cm³/mol. The van der Waals surface area contributed by atoms with Gasteiger partial charge in [0.25, 0.3) is 11.6 Å². The molecule has 0 radical (unpaired) electrons. The number of fused-ring (bicyclic) bond motifs is 1. The van der Waals surface area contributed by atoms with Gasteiger partial charge < -0.3 is 4.74 Å². The molecule has 0 aliphatic heterocycles. The second-order valence-electron chi connectivity index (χ2n) is 5.01. The van der Waals surface area contributed by atoms with Gasteiger partial charge in [-0.3, -0.25) is 25.0 Å². The maximum absolute atomic E-state index is 12.4. The summed E-state index contributed by atoms with van der Waals surface area (Å²) in [6.07, 6.45) is 0. The third-order valence-corrected chi connectivity index (χ3v) is 6.24. The minimum atomic E-state index is -0.479. The standard InChI is InChI=1S/C15H12N4O5S3/c1-2-24-12(20)7-25-15-18-17-14(27-15)16-13(21)11-6-8-5-9(19(22)23)3-4-10(8)26-11/h3-6H,2,7H2,1H3,(H,16,17,21). The van der Waals surface area contributed by atoms with Crippen molar-refractivity contribution >= 4 is 67.2 Å². The molecule has 27 heavy (non-hydrogen) atoms. The summed E-state index contributed by atoms with van der Waals surface area (Å²) in [6.45, 7) is 2.04. The fourth-order valence-corrected chi connectivity index (χ4v) is 4.54. The van der Waals surface area contributed by atoms with Crippen LogP contribution in [0.5, 0.6) is 0 Å². The van der Waals surface area contributed by atoms with E-state index in [1.807, 2.05) is 0 Å². The number of ether oxygens (including phenoxy) is 1. The van der Waals surface area contributed by atoms with E-state index in [0.29, 0.717) is 26.3 Å². The number of rotatable bonds is 7. The summed E-state index contributed by atoms with van der Waals surface area (Å²) < 4.78 is 6.14. The van der Waals surface area contributed by atoms with Crippen LogP contribution in [-0.2, 0) is 9.53 Å². The summed E-state index contributed by atoms with van der Waals surface area (Å²) in [5, 5.41) is 22.2. The Morgan fingerprint density at radius 1 is 1.30 bits per heavy atom. The van der Waals surface area contributed by atoms with Crippen LogP contribution in [0.25, 0.3) is 10.1 Å². The lowest BCUT2D eigenvalue weighted by Crippen LogP contribution is -2.09. The third-order valence-electron chi connectivity index (χ3n) is 3.18. The molecule has 0 aliphatic rings. The summed E-state index contributed by atoms with van der Waals surface area (Å²) in [6, 6.07) is 6.04. The van der Waals surface area contributed by atoms with Crippen LogP contribution in [-0.4, -0.2) is 39.4 Å². The van der Waals surface area contributed by atoms with E-state index in [2.05, 4.69) is 15.5 Å². The molecule has 0 atom stereocenters. The molecule has 12 heteroatoms. The Bertz CT molecular complexity index is 1020. The van der Waals surface area contributed by atoms with Gasteiger partial charge >= 0.3 is 5.97 Å². The Balaban J connectivity index is 1.66. The van der Waals surface area contributed by atoms with Gasteiger partial charge in [0.1, 0.15) is 0 Å². The number of thiophene rings is 1. The first-order valence-electron chi connectivity index (χ1n) is 7.57. The Labute approximate surface area is 164 Å². The Morgan fingerprint density at radius 3 is 2.85 bits per heavy atom. The Hall–Kier alpha value is -2.57. The first kappa shape index (κ1) is 19.2. The molecule has 3 rings (SSSR count). The smallest absolute Gasteiger partial charge is 0.316 e. The van der Waals surface area contributed by atoms with Crippen molar-refractivity contribution in [3.05, 3.63) is 39.3 Å². The number of nitrogens with one attached hydrogen (secondary N) is 1. The van der Waals surface area contributed by atoms with Gasteiger partial charge in [0.05, 0.1) is 22.2 Å². The molecule has 0 saturated carbocycles.